The molecule has 6 heteroatoms. The SMILES string of the molecule is CN(C)/N=C1/CCCC(=N\N(C)C)/C1=N\N(C)C. The Morgan fingerprint density at radius 1 is 0.667 bits per heavy atom. The molecule has 0 heterocycles. The largest absolute Gasteiger partial charge is 0.303 e. The Morgan fingerprint density at radius 2 is 1.06 bits per heavy atom. The molecule has 1 aliphatic carbocycles. The van der Waals surface area contributed by atoms with Crippen LogP contribution in [0.1, 0.15) is 19.3 Å². The van der Waals surface area contributed by atoms with Crippen molar-refractivity contribution in [1.82, 2.24) is 15.0 Å². The first-order chi connectivity index (χ1) is 8.40. The lowest BCUT2D eigenvalue weighted by molar-refractivity contribution is 0.428. The van der Waals surface area contributed by atoms with Gasteiger partial charge in [-0.15, -0.1) is 0 Å². The maximum atomic E-state index is 4.54. The quantitative estimate of drug-likeness (QED) is 0.702. The van der Waals surface area contributed by atoms with Gasteiger partial charge in [0.25, 0.3) is 0 Å². The zero-order valence-corrected chi connectivity index (χ0v) is 12.3. The van der Waals surface area contributed by atoms with E-state index in [1.54, 1.807) is 5.01 Å². The Labute approximate surface area is 110 Å². The Morgan fingerprint density at radius 3 is 1.39 bits per heavy atom. The van der Waals surface area contributed by atoms with E-state index in [1.807, 2.05) is 52.3 Å². The van der Waals surface area contributed by atoms with Crippen molar-refractivity contribution >= 4 is 17.1 Å². The summed E-state index contributed by atoms with van der Waals surface area (Å²) in [7, 11) is 11.6. The molecule has 1 saturated carbocycles. The molecular formula is C12H24N6. The fourth-order valence-corrected chi connectivity index (χ4v) is 1.82. The van der Waals surface area contributed by atoms with Crippen molar-refractivity contribution in [3.63, 3.8) is 0 Å². The van der Waals surface area contributed by atoms with E-state index in [-0.39, 0.29) is 0 Å². The highest BCUT2D eigenvalue weighted by molar-refractivity contribution is 6.69. The van der Waals surface area contributed by atoms with Gasteiger partial charge in [-0.05, 0) is 19.3 Å². The second-order valence-electron chi connectivity index (χ2n) is 4.94. The van der Waals surface area contributed by atoms with Gasteiger partial charge in [-0.25, -0.2) is 0 Å². The molecular weight excluding hydrogens is 228 g/mol. The maximum Gasteiger partial charge on any atom is 0.130 e. The van der Waals surface area contributed by atoms with E-state index in [2.05, 4.69) is 15.3 Å². The van der Waals surface area contributed by atoms with E-state index in [9.17, 15) is 0 Å². The lowest BCUT2D eigenvalue weighted by Gasteiger charge is -2.22. The zero-order chi connectivity index (χ0) is 13.7. The summed E-state index contributed by atoms with van der Waals surface area (Å²) in [5.74, 6) is 0. The van der Waals surface area contributed by atoms with E-state index < -0.39 is 0 Å². The third-order valence-electron chi connectivity index (χ3n) is 2.32. The van der Waals surface area contributed by atoms with E-state index >= 15 is 0 Å². The standard InChI is InChI=1S/C12H24N6/c1-16(2)13-10-8-7-9-11(14-17(3)4)12(10)15-18(5)6/h7-9H2,1-6H3/b13-10-,14-11+,15-12-. The highest BCUT2D eigenvalue weighted by atomic mass is 15.5. The van der Waals surface area contributed by atoms with Crippen LogP contribution in [0.25, 0.3) is 0 Å². The molecule has 1 aliphatic rings. The minimum Gasteiger partial charge on any atom is -0.303 e. The van der Waals surface area contributed by atoms with Gasteiger partial charge in [-0.2, -0.15) is 15.3 Å². The second kappa shape index (κ2) is 6.37. The summed E-state index contributed by atoms with van der Waals surface area (Å²) in [6.45, 7) is 0. The van der Waals surface area contributed by atoms with Crippen molar-refractivity contribution in [3.05, 3.63) is 0 Å². The van der Waals surface area contributed by atoms with E-state index in [4.69, 9.17) is 0 Å². The molecule has 0 atom stereocenters. The summed E-state index contributed by atoms with van der Waals surface area (Å²) in [4.78, 5) is 0. The van der Waals surface area contributed by atoms with Crippen LogP contribution >= 0.6 is 0 Å². The molecule has 102 valence electrons. The van der Waals surface area contributed by atoms with Gasteiger partial charge < -0.3 is 15.0 Å². The minimum absolute atomic E-state index is 0.911. The van der Waals surface area contributed by atoms with Crippen LogP contribution in [0.3, 0.4) is 0 Å². The monoisotopic (exact) mass is 252 g/mol. The lowest BCUT2D eigenvalue weighted by atomic mass is 9.94. The average molecular weight is 252 g/mol. The third-order valence-corrected chi connectivity index (χ3v) is 2.32. The van der Waals surface area contributed by atoms with E-state index in [1.165, 1.54) is 0 Å². The summed E-state index contributed by atoms with van der Waals surface area (Å²) in [5, 5.41) is 19.0. The molecule has 18 heavy (non-hydrogen) atoms. The van der Waals surface area contributed by atoms with Crippen LogP contribution in [0.4, 0.5) is 0 Å². The molecule has 0 N–H and O–H groups in total. The number of hydrogen-bond acceptors (Lipinski definition) is 6. The fraction of sp³-hybridized carbons (Fsp3) is 0.750. The molecule has 0 radical (unpaired) electrons. The Kier molecular flexibility index (Phi) is 5.12. The first kappa shape index (κ1) is 14.5. The molecule has 6 nitrogen and oxygen atoms in total. The summed E-state index contributed by atoms with van der Waals surface area (Å²) in [5.41, 5.74) is 2.94. The molecule has 0 aromatic heterocycles. The van der Waals surface area contributed by atoms with Gasteiger partial charge >= 0.3 is 0 Å². The van der Waals surface area contributed by atoms with Gasteiger partial charge in [0.05, 0.1) is 11.4 Å². The van der Waals surface area contributed by atoms with Crippen molar-refractivity contribution in [2.75, 3.05) is 42.3 Å². The summed E-state index contributed by atoms with van der Waals surface area (Å²) >= 11 is 0. The molecule has 1 fully saturated rings. The molecule has 0 amide bonds. The van der Waals surface area contributed by atoms with Gasteiger partial charge in [0, 0.05) is 42.3 Å². The molecule has 0 spiro atoms. The predicted molar refractivity (Wildman–Crippen MR) is 77.2 cm³/mol. The van der Waals surface area contributed by atoms with Gasteiger partial charge in [-0.3, -0.25) is 0 Å². The van der Waals surface area contributed by atoms with Crippen LogP contribution < -0.4 is 0 Å². The van der Waals surface area contributed by atoms with Gasteiger partial charge in [-0.1, -0.05) is 0 Å². The van der Waals surface area contributed by atoms with Crippen LogP contribution in [0.2, 0.25) is 0 Å². The number of hydrogen-bond donors (Lipinski definition) is 0. The molecule has 0 bridgehead atoms. The summed E-state index contributed by atoms with van der Waals surface area (Å²) in [6, 6.07) is 0. The molecule has 1 rings (SSSR count). The predicted octanol–water partition coefficient (Wildman–Crippen LogP) is 0.923. The van der Waals surface area contributed by atoms with Gasteiger partial charge in [0.1, 0.15) is 5.71 Å². The van der Waals surface area contributed by atoms with Crippen LogP contribution in [0.5, 0.6) is 0 Å². The van der Waals surface area contributed by atoms with Crippen molar-refractivity contribution in [2.24, 2.45) is 15.3 Å². The minimum atomic E-state index is 0.911. The zero-order valence-electron chi connectivity index (χ0n) is 12.3. The molecule has 0 aromatic carbocycles. The fourth-order valence-electron chi connectivity index (χ4n) is 1.82. The van der Waals surface area contributed by atoms with Crippen LogP contribution in [-0.2, 0) is 0 Å². The van der Waals surface area contributed by atoms with Gasteiger partial charge in [0.2, 0.25) is 0 Å². The van der Waals surface area contributed by atoms with Crippen LogP contribution in [0.15, 0.2) is 15.3 Å². The first-order valence-corrected chi connectivity index (χ1v) is 6.16. The first-order valence-electron chi connectivity index (χ1n) is 6.16. The highest BCUT2D eigenvalue weighted by Crippen LogP contribution is 2.13. The van der Waals surface area contributed by atoms with Crippen LogP contribution in [0, 0.1) is 0 Å². The smallest absolute Gasteiger partial charge is 0.130 e. The third kappa shape index (κ3) is 4.35. The maximum absolute atomic E-state index is 4.54. The summed E-state index contributed by atoms with van der Waals surface area (Å²) in [6.07, 6.45) is 2.99. The molecule has 0 saturated heterocycles. The average Bonchev–Trinajstić information content (AvgIpc) is 2.20. The lowest BCUT2D eigenvalue weighted by Crippen LogP contribution is -2.33. The topological polar surface area (TPSA) is 46.8 Å². The van der Waals surface area contributed by atoms with Crippen molar-refractivity contribution in [3.8, 4) is 0 Å². The highest BCUT2D eigenvalue weighted by Gasteiger charge is 2.23. The van der Waals surface area contributed by atoms with Crippen molar-refractivity contribution < 1.29 is 0 Å². The Balaban J connectivity index is 3.13. The number of nitrogens with zero attached hydrogens (tertiary/aromatic N) is 6. The molecule has 0 unspecified atom stereocenters. The summed E-state index contributed by atoms with van der Waals surface area (Å²) < 4.78 is 0. The van der Waals surface area contributed by atoms with Crippen molar-refractivity contribution in [1.29, 1.82) is 0 Å². The van der Waals surface area contributed by atoms with Crippen LogP contribution in [-0.4, -0.2) is 74.4 Å². The second-order valence-corrected chi connectivity index (χ2v) is 4.94. The Hall–Kier alpha value is -1.59. The normalized spacial score (nSPS) is 22.7. The molecule has 0 aliphatic heterocycles. The Bertz CT molecular complexity index is 337. The molecule has 0 aromatic rings. The van der Waals surface area contributed by atoms with E-state index in [0.717, 1.165) is 36.4 Å². The van der Waals surface area contributed by atoms with Crippen molar-refractivity contribution in [2.45, 2.75) is 19.3 Å². The van der Waals surface area contributed by atoms with Gasteiger partial charge in [0.15, 0.2) is 0 Å². The number of rotatable bonds is 3. The number of hydrazone groups is 3. The van der Waals surface area contributed by atoms with E-state index in [0.29, 0.717) is 0 Å².